The van der Waals surface area contributed by atoms with Crippen LogP contribution in [0.2, 0.25) is 0 Å². The van der Waals surface area contributed by atoms with Gasteiger partial charge in [-0.1, -0.05) is 29.0 Å². The standard InChI is InChI=1S/C22H20N4O2S2/c1-11-7-12(2)18(13(3)8-11)25-21(28)19-14(4)24-22(30-19)26-20(27)15-5-6-16-17(9-15)29-10-23-16/h5-10H,1-4H3,(H,25,28)(H,24,26,27). The predicted molar refractivity (Wildman–Crippen MR) is 123 cm³/mol. The molecule has 6 nitrogen and oxygen atoms in total. The third-order valence-corrected chi connectivity index (χ3v) is 6.60. The molecule has 2 N–H and O–H groups in total. The minimum atomic E-state index is -0.267. The zero-order chi connectivity index (χ0) is 21.4. The molecule has 8 heteroatoms. The van der Waals surface area contributed by atoms with Crippen LogP contribution in [0.3, 0.4) is 0 Å². The van der Waals surface area contributed by atoms with E-state index in [0.29, 0.717) is 21.3 Å². The van der Waals surface area contributed by atoms with E-state index in [0.717, 1.165) is 32.6 Å². The van der Waals surface area contributed by atoms with E-state index in [2.05, 4.69) is 20.6 Å². The Bertz CT molecular complexity index is 1270. The molecule has 2 heterocycles. The third kappa shape index (κ3) is 3.96. The number of benzene rings is 2. The number of thiazole rings is 2. The summed E-state index contributed by atoms with van der Waals surface area (Å²) in [7, 11) is 0. The average Bonchev–Trinajstić information content (AvgIpc) is 3.30. The first-order chi connectivity index (χ1) is 14.3. The van der Waals surface area contributed by atoms with Gasteiger partial charge in [-0.15, -0.1) is 11.3 Å². The van der Waals surface area contributed by atoms with Gasteiger partial charge in [0.25, 0.3) is 11.8 Å². The molecule has 4 aromatic rings. The van der Waals surface area contributed by atoms with E-state index in [1.54, 1.807) is 24.6 Å². The summed E-state index contributed by atoms with van der Waals surface area (Å²) < 4.78 is 0.946. The van der Waals surface area contributed by atoms with Crippen LogP contribution in [-0.2, 0) is 0 Å². The molecule has 0 fully saturated rings. The largest absolute Gasteiger partial charge is 0.321 e. The highest BCUT2D eigenvalue weighted by Gasteiger charge is 2.19. The number of nitrogens with one attached hydrogen (secondary N) is 2. The predicted octanol–water partition coefficient (Wildman–Crippen LogP) is 5.49. The van der Waals surface area contributed by atoms with Crippen molar-refractivity contribution in [3.8, 4) is 0 Å². The van der Waals surface area contributed by atoms with Crippen molar-refractivity contribution in [2.75, 3.05) is 10.6 Å². The van der Waals surface area contributed by atoms with E-state index in [-0.39, 0.29) is 11.8 Å². The van der Waals surface area contributed by atoms with Crippen molar-refractivity contribution in [2.45, 2.75) is 27.7 Å². The monoisotopic (exact) mass is 436 g/mol. The third-order valence-electron chi connectivity index (χ3n) is 4.73. The first-order valence-corrected chi connectivity index (χ1v) is 11.0. The van der Waals surface area contributed by atoms with Crippen LogP contribution in [0.15, 0.2) is 35.8 Å². The van der Waals surface area contributed by atoms with Gasteiger partial charge in [-0.2, -0.15) is 0 Å². The van der Waals surface area contributed by atoms with Crippen LogP contribution >= 0.6 is 22.7 Å². The SMILES string of the molecule is Cc1cc(C)c(NC(=O)c2sc(NC(=O)c3ccc4ncsc4c3)nc2C)c(C)c1. The molecular weight excluding hydrogens is 416 g/mol. The number of fused-ring (bicyclic) bond motifs is 1. The molecule has 30 heavy (non-hydrogen) atoms. The van der Waals surface area contributed by atoms with Gasteiger partial charge in [0.15, 0.2) is 5.13 Å². The number of anilines is 2. The maximum Gasteiger partial charge on any atom is 0.267 e. The van der Waals surface area contributed by atoms with Crippen LogP contribution in [0.5, 0.6) is 0 Å². The molecule has 0 aliphatic carbocycles. The maximum atomic E-state index is 12.9. The highest BCUT2D eigenvalue weighted by Crippen LogP contribution is 2.27. The molecule has 0 radical (unpaired) electrons. The van der Waals surface area contributed by atoms with E-state index in [1.165, 1.54) is 22.7 Å². The van der Waals surface area contributed by atoms with Gasteiger partial charge in [0.1, 0.15) is 4.88 Å². The number of aromatic nitrogens is 2. The summed E-state index contributed by atoms with van der Waals surface area (Å²) in [4.78, 5) is 34.5. The molecule has 0 bridgehead atoms. The van der Waals surface area contributed by atoms with E-state index in [1.807, 2.05) is 39.0 Å². The van der Waals surface area contributed by atoms with Crippen molar-refractivity contribution in [3.05, 3.63) is 68.7 Å². The lowest BCUT2D eigenvalue weighted by molar-refractivity contribution is 0.102. The summed E-state index contributed by atoms with van der Waals surface area (Å²) in [5.41, 5.74) is 7.69. The van der Waals surface area contributed by atoms with Crippen LogP contribution in [0.4, 0.5) is 10.8 Å². The van der Waals surface area contributed by atoms with Gasteiger partial charge in [-0.3, -0.25) is 14.9 Å². The Morgan fingerprint density at radius 1 is 0.933 bits per heavy atom. The van der Waals surface area contributed by atoms with E-state index in [9.17, 15) is 9.59 Å². The van der Waals surface area contributed by atoms with Crippen molar-refractivity contribution in [1.82, 2.24) is 9.97 Å². The molecule has 0 saturated carbocycles. The van der Waals surface area contributed by atoms with Gasteiger partial charge in [0.05, 0.1) is 21.4 Å². The highest BCUT2D eigenvalue weighted by atomic mass is 32.1. The fourth-order valence-electron chi connectivity index (χ4n) is 3.37. The van der Waals surface area contributed by atoms with E-state index < -0.39 is 0 Å². The zero-order valence-electron chi connectivity index (χ0n) is 17.0. The summed E-state index contributed by atoms with van der Waals surface area (Å²) in [5.74, 6) is -0.497. The molecule has 4 rings (SSSR count). The quantitative estimate of drug-likeness (QED) is 0.443. The molecule has 0 spiro atoms. The fraction of sp³-hybridized carbons (Fsp3) is 0.182. The van der Waals surface area contributed by atoms with Crippen molar-refractivity contribution >= 4 is 55.5 Å². The number of carbonyl (C=O) groups excluding carboxylic acids is 2. The summed E-state index contributed by atoms with van der Waals surface area (Å²) >= 11 is 2.65. The highest BCUT2D eigenvalue weighted by molar-refractivity contribution is 7.18. The fourth-order valence-corrected chi connectivity index (χ4v) is 4.95. The number of carbonyl (C=O) groups is 2. The van der Waals surface area contributed by atoms with E-state index in [4.69, 9.17) is 0 Å². The topological polar surface area (TPSA) is 84.0 Å². The lowest BCUT2D eigenvalue weighted by Crippen LogP contribution is -2.13. The van der Waals surface area contributed by atoms with Crippen molar-refractivity contribution in [3.63, 3.8) is 0 Å². The van der Waals surface area contributed by atoms with Gasteiger partial charge >= 0.3 is 0 Å². The molecule has 0 saturated heterocycles. The number of hydrogen-bond acceptors (Lipinski definition) is 6. The van der Waals surface area contributed by atoms with Crippen LogP contribution in [0.25, 0.3) is 10.2 Å². The number of hydrogen-bond donors (Lipinski definition) is 2. The second kappa shape index (κ2) is 7.97. The number of rotatable bonds is 4. The molecule has 2 amide bonds. The first-order valence-electron chi connectivity index (χ1n) is 9.33. The van der Waals surface area contributed by atoms with Gasteiger partial charge in [0, 0.05) is 11.3 Å². The average molecular weight is 437 g/mol. The van der Waals surface area contributed by atoms with Gasteiger partial charge < -0.3 is 5.32 Å². The Hall–Kier alpha value is -3.10. The second-order valence-electron chi connectivity index (χ2n) is 7.15. The van der Waals surface area contributed by atoms with Crippen LogP contribution in [-0.4, -0.2) is 21.8 Å². The molecule has 0 aliphatic rings. The van der Waals surface area contributed by atoms with Crippen molar-refractivity contribution < 1.29 is 9.59 Å². The van der Waals surface area contributed by atoms with Crippen LogP contribution < -0.4 is 10.6 Å². The Balaban J connectivity index is 1.52. The minimum absolute atomic E-state index is 0.230. The maximum absolute atomic E-state index is 12.9. The molecule has 0 aliphatic heterocycles. The molecule has 2 aromatic heterocycles. The molecule has 152 valence electrons. The molecular formula is C22H20N4O2S2. The Labute approximate surface area is 182 Å². The zero-order valence-corrected chi connectivity index (χ0v) is 18.6. The number of aryl methyl sites for hydroxylation is 4. The molecule has 0 unspecified atom stereocenters. The van der Waals surface area contributed by atoms with E-state index >= 15 is 0 Å². The summed E-state index contributed by atoms with van der Waals surface area (Å²) in [6.07, 6.45) is 0. The van der Waals surface area contributed by atoms with Gasteiger partial charge in [-0.05, 0) is 57.0 Å². The van der Waals surface area contributed by atoms with Crippen molar-refractivity contribution in [1.29, 1.82) is 0 Å². The molecule has 0 atom stereocenters. The Kier molecular flexibility index (Phi) is 5.36. The van der Waals surface area contributed by atoms with Crippen molar-refractivity contribution in [2.24, 2.45) is 0 Å². The Morgan fingerprint density at radius 2 is 1.67 bits per heavy atom. The number of amides is 2. The first kappa shape index (κ1) is 20.2. The van der Waals surface area contributed by atoms with Crippen LogP contribution in [0.1, 0.15) is 42.4 Å². The minimum Gasteiger partial charge on any atom is -0.321 e. The summed E-state index contributed by atoms with van der Waals surface area (Å²) in [5, 5.41) is 6.18. The smallest absolute Gasteiger partial charge is 0.267 e. The lowest BCUT2D eigenvalue weighted by atomic mass is 10.1. The normalized spacial score (nSPS) is 10.9. The summed E-state index contributed by atoms with van der Waals surface area (Å²) in [6, 6.07) is 9.42. The Morgan fingerprint density at radius 3 is 2.40 bits per heavy atom. The second-order valence-corrected chi connectivity index (χ2v) is 9.04. The van der Waals surface area contributed by atoms with Gasteiger partial charge in [-0.25, -0.2) is 9.97 Å². The molecule has 2 aromatic carbocycles. The van der Waals surface area contributed by atoms with Gasteiger partial charge in [0.2, 0.25) is 0 Å². The van der Waals surface area contributed by atoms with Crippen LogP contribution in [0, 0.1) is 27.7 Å². The summed E-state index contributed by atoms with van der Waals surface area (Å²) in [6.45, 7) is 7.74. The lowest BCUT2D eigenvalue weighted by Gasteiger charge is -2.12. The number of nitrogens with zero attached hydrogens (tertiary/aromatic N) is 2.